The van der Waals surface area contributed by atoms with Crippen molar-refractivity contribution in [3.8, 4) is 11.5 Å². The van der Waals surface area contributed by atoms with Crippen molar-refractivity contribution in [2.45, 2.75) is 39.7 Å². The fourth-order valence-electron chi connectivity index (χ4n) is 3.99. The van der Waals surface area contributed by atoms with Crippen LogP contribution in [-0.2, 0) is 0 Å². The monoisotopic (exact) mass is 346 g/mol. The second-order valence-corrected chi connectivity index (χ2v) is 7.75. The molecule has 1 aromatic carbocycles. The summed E-state index contributed by atoms with van der Waals surface area (Å²) in [6, 6.07) is 5.53. The summed E-state index contributed by atoms with van der Waals surface area (Å²) in [4.78, 5) is 15.0. The van der Waals surface area contributed by atoms with E-state index >= 15 is 0 Å². The Bertz CT molecular complexity index is 595. The Balaban J connectivity index is 1.57. The molecule has 2 aliphatic rings. The first-order chi connectivity index (χ1) is 12.0. The first-order valence-electron chi connectivity index (χ1n) is 9.44. The lowest BCUT2D eigenvalue weighted by atomic mass is 9.92. The highest BCUT2D eigenvalue weighted by Gasteiger charge is 2.23. The predicted octanol–water partition coefficient (Wildman–Crippen LogP) is 2.94. The molecule has 1 N–H and O–H groups in total. The molecular weight excluding hydrogens is 316 g/mol. The van der Waals surface area contributed by atoms with E-state index < -0.39 is 0 Å². The zero-order valence-electron chi connectivity index (χ0n) is 15.6. The van der Waals surface area contributed by atoms with Crippen LogP contribution >= 0.6 is 0 Å². The Morgan fingerprint density at radius 3 is 2.60 bits per heavy atom. The van der Waals surface area contributed by atoms with Gasteiger partial charge in [0.15, 0.2) is 11.5 Å². The average molecular weight is 346 g/mol. The minimum atomic E-state index is -0.0544. The van der Waals surface area contributed by atoms with Crippen LogP contribution in [0, 0.1) is 11.8 Å². The zero-order chi connectivity index (χ0) is 17.8. The largest absolute Gasteiger partial charge is 0.490 e. The number of benzene rings is 1. The Hall–Kier alpha value is -1.75. The lowest BCUT2D eigenvalue weighted by molar-refractivity contribution is 0.0904. The summed E-state index contributed by atoms with van der Waals surface area (Å²) in [5.41, 5.74) is 0.622. The molecule has 1 amide bonds. The molecule has 0 aromatic heterocycles. The van der Waals surface area contributed by atoms with Crippen LogP contribution in [0.25, 0.3) is 0 Å². The maximum absolute atomic E-state index is 12.6. The number of nitrogens with zero attached hydrogens (tertiary/aromatic N) is 1. The zero-order valence-corrected chi connectivity index (χ0v) is 15.6. The van der Waals surface area contributed by atoms with Gasteiger partial charge < -0.3 is 19.7 Å². The van der Waals surface area contributed by atoms with Gasteiger partial charge in [-0.2, -0.15) is 0 Å². The number of rotatable bonds is 4. The standard InChI is InChI=1S/C20H30N2O3/c1-14-9-15(2)12-22(11-14)13-16(3)21-20(23)17-5-6-18-19(10-17)25-8-4-7-24-18/h5-6,10,14-16H,4,7-9,11-13H2,1-3H3,(H,21,23)/t14-,15+,16-/m0/s1. The first-order valence-corrected chi connectivity index (χ1v) is 9.44. The van der Waals surface area contributed by atoms with Gasteiger partial charge in [0, 0.05) is 37.7 Å². The molecule has 0 spiro atoms. The number of carbonyl (C=O) groups is 1. The molecular formula is C20H30N2O3. The SMILES string of the molecule is C[C@@H]1C[C@H](C)CN(C[C@H](C)NC(=O)c2ccc3c(c2)OCCCO3)C1. The minimum absolute atomic E-state index is 0.0544. The van der Waals surface area contributed by atoms with Gasteiger partial charge in [0.2, 0.25) is 0 Å². The van der Waals surface area contributed by atoms with Crippen molar-refractivity contribution in [2.24, 2.45) is 11.8 Å². The van der Waals surface area contributed by atoms with Crippen molar-refractivity contribution in [1.82, 2.24) is 10.2 Å². The van der Waals surface area contributed by atoms with Gasteiger partial charge in [-0.15, -0.1) is 0 Å². The molecule has 138 valence electrons. The maximum Gasteiger partial charge on any atom is 0.251 e. The molecule has 5 heteroatoms. The third kappa shape index (κ3) is 4.88. The molecule has 0 unspecified atom stereocenters. The molecule has 0 radical (unpaired) electrons. The van der Waals surface area contributed by atoms with Crippen LogP contribution in [0.3, 0.4) is 0 Å². The summed E-state index contributed by atoms with van der Waals surface area (Å²) in [6.07, 6.45) is 2.16. The fraction of sp³-hybridized carbons (Fsp3) is 0.650. The number of nitrogens with one attached hydrogen (secondary N) is 1. The van der Waals surface area contributed by atoms with E-state index in [-0.39, 0.29) is 11.9 Å². The number of amides is 1. The third-order valence-corrected chi connectivity index (χ3v) is 4.86. The van der Waals surface area contributed by atoms with E-state index in [9.17, 15) is 4.79 Å². The highest BCUT2D eigenvalue weighted by molar-refractivity contribution is 5.95. The minimum Gasteiger partial charge on any atom is -0.490 e. The molecule has 3 atom stereocenters. The molecule has 2 heterocycles. The van der Waals surface area contributed by atoms with Crippen molar-refractivity contribution >= 4 is 5.91 Å². The Labute approximate surface area is 150 Å². The van der Waals surface area contributed by atoms with Crippen molar-refractivity contribution in [2.75, 3.05) is 32.8 Å². The van der Waals surface area contributed by atoms with Crippen LogP contribution in [0.1, 0.15) is 44.0 Å². The smallest absolute Gasteiger partial charge is 0.251 e. The molecule has 0 bridgehead atoms. The van der Waals surface area contributed by atoms with Gasteiger partial charge in [-0.25, -0.2) is 0 Å². The van der Waals surface area contributed by atoms with Crippen LogP contribution in [0.5, 0.6) is 11.5 Å². The summed E-state index contributed by atoms with van der Waals surface area (Å²) in [5.74, 6) is 2.79. The van der Waals surface area contributed by atoms with Crippen LogP contribution < -0.4 is 14.8 Å². The summed E-state index contributed by atoms with van der Waals surface area (Å²) in [5, 5.41) is 3.12. The number of likely N-dealkylation sites (tertiary alicyclic amines) is 1. The van der Waals surface area contributed by atoms with E-state index in [0.29, 0.717) is 24.5 Å². The Morgan fingerprint density at radius 2 is 1.88 bits per heavy atom. The molecule has 2 aliphatic heterocycles. The lowest BCUT2D eigenvalue weighted by Gasteiger charge is -2.36. The van der Waals surface area contributed by atoms with Crippen molar-refractivity contribution in [3.63, 3.8) is 0 Å². The second-order valence-electron chi connectivity index (χ2n) is 7.75. The Kier molecular flexibility index (Phi) is 5.84. The Morgan fingerprint density at radius 1 is 1.20 bits per heavy atom. The second kappa shape index (κ2) is 8.09. The maximum atomic E-state index is 12.6. The first kappa shape index (κ1) is 18.1. The molecule has 3 rings (SSSR count). The molecule has 1 saturated heterocycles. The number of hydrogen-bond acceptors (Lipinski definition) is 4. The van der Waals surface area contributed by atoms with Crippen molar-refractivity contribution in [3.05, 3.63) is 23.8 Å². The van der Waals surface area contributed by atoms with E-state index in [1.807, 2.05) is 6.07 Å². The summed E-state index contributed by atoms with van der Waals surface area (Å²) in [7, 11) is 0. The molecule has 0 aliphatic carbocycles. The average Bonchev–Trinajstić information content (AvgIpc) is 2.78. The van der Waals surface area contributed by atoms with Crippen molar-refractivity contribution in [1.29, 1.82) is 0 Å². The van der Waals surface area contributed by atoms with Gasteiger partial charge in [-0.3, -0.25) is 4.79 Å². The van der Waals surface area contributed by atoms with Gasteiger partial charge in [-0.05, 0) is 43.4 Å². The van der Waals surface area contributed by atoms with Gasteiger partial charge >= 0.3 is 0 Å². The van der Waals surface area contributed by atoms with Gasteiger partial charge in [-0.1, -0.05) is 13.8 Å². The van der Waals surface area contributed by atoms with E-state index in [1.54, 1.807) is 12.1 Å². The number of piperidine rings is 1. The fourth-order valence-corrected chi connectivity index (χ4v) is 3.99. The number of fused-ring (bicyclic) bond motifs is 1. The van der Waals surface area contributed by atoms with Crippen LogP contribution in [-0.4, -0.2) is 49.7 Å². The summed E-state index contributed by atoms with van der Waals surface area (Å²) in [6.45, 7) is 11.1. The summed E-state index contributed by atoms with van der Waals surface area (Å²) < 4.78 is 11.3. The molecule has 25 heavy (non-hydrogen) atoms. The normalized spacial score (nSPS) is 25.1. The van der Waals surface area contributed by atoms with E-state index in [2.05, 4.69) is 31.0 Å². The van der Waals surface area contributed by atoms with Crippen LogP contribution in [0.2, 0.25) is 0 Å². The van der Waals surface area contributed by atoms with Crippen LogP contribution in [0.15, 0.2) is 18.2 Å². The van der Waals surface area contributed by atoms with E-state index in [0.717, 1.165) is 43.6 Å². The van der Waals surface area contributed by atoms with E-state index in [1.165, 1.54) is 6.42 Å². The molecule has 5 nitrogen and oxygen atoms in total. The van der Waals surface area contributed by atoms with Gasteiger partial charge in [0.25, 0.3) is 5.91 Å². The van der Waals surface area contributed by atoms with Crippen LogP contribution in [0.4, 0.5) is 0 Å². The topological polar surface area (TPSA) is 50.8 Å². The van der Waals surface area contributed by atoms with Gasteiger partial charge in [0.05, 0.1) is 13.2 Å². The number of carbonyl (C=O) groups excluding carboxylic acids is 1. The molecule has 1 aromatic rings. The highest BCUT2D eigenvalue weighted by Crippen LogP contribution is 2.30. The van der Waals surface area contributed by atoms with Crippen molar-refractivity contribution < 1.29 is 14.3 Å². The number of ether oxygens (including phenoxy) is 2. The van der Waals surface area contributed by atoms with E-state index in [4.69, 9.17) is 9.47 Å². The molecule has 1 fully saturated rings. The predicted molar refractivity (Wildman–Crippen MR) is 98.4 cm³/mol. The number of hydrogen-bond donors (Lipinski definition) is 1. The highest BCUT2D eigenvalue weighted by atomic mass is 16.5. The summed E-state index contributed by atoms with van der Waals surface area (Å²) >= 11 is 0. The van der Waals surface area contributed by atoms with Gasteiger partial charge in [0.1, 0.15) is 0 Å². The quantitative estimate of drug-likeness (QED) is 0.911. The molecule has 0 saturated carbocycles. The third-order valence-electron chi connectivity index (χ3n) is 4.86. The lowest BCUT2D eigenvalue weighted by Crippen LogP contribution is -2.47.